The molecule has 4 aromatic rings. The molecule has 3 heterocycles. The third-order valence-corrected chi connectivity index (χ3v) is 4.64. The van der Waals surface area contributed by atoms with Gasteiger partial charge in [0.05, 0.1) is 5.39 Å². The first-order chi connectivity index (χ1) is 11.8. The van der Waals surface area contributed by atoms with E-state index in [4.69, 9.17) is 0 Å². The van der Waals surface area contributed by atoms with Gasteiger partial charge in [0.2, 0.25) is 5.78 Å². The summed E-state index contributed by atoms with van der Waals surface area (Å²) in [4.78, 5) is 22.2. The number of H-pyrrole nitrogens is 1. The molecule has 0 spiro atoms. The molecule has 5 rings (SSSR count). The van der Waals surface area contributed by atoms with Crippen LogP contribution in [0.25, 0.3) is 28.2 Å². The van der Waals surface area contributed by atoms with Crippen LogP contribution in [0, 0.1) is 0 Å². The first kappa shape index (κ1) is 13.4. The van der Waals surface area contributed by atoms with Gasteiger partial charge < -0.3 is 0 Å². The Kier molecular flexibility index (Phi) is 2.79. The number of nitrogens with zero attached hydrogens (tertiary/aromatic N) is 4. The topological polar surface area (TPSA) is 75.9 Å². The smallest absolute Gasteiger partial charge is 0.268 e. The number of hydrogen-bond donors (Lipinski definition) is 1. The van der Waals surface area contributed by atoms with E-state index in [0.717, 1.165) is 36.9 Å². The zero-order chi connectivity index (χ0) is 16.1. The molecule has 1 aromatic carbocycles. The average Bonchev–Trinajstić information content (AvgIpc) is 3.05. The highest BCUT2D eigenvalue weighted by molar-refractivity contribution is 5.77. The van der Waals surface area contributed by atoms with Crippen LogP contribution in [0.15, 0.2) is 41.2 Å². The zero-order valence-electron chi connectivity index (χ0n) is 13.0. The molecule has 1 aliphatic rings. The Labute approximate surface area is 137 Å². The molecular weight excluding hydrogens is 302 g/mol. The largest absolute Gasteiger partial charge is 0.270 e. The lowest BCUT2D eigenvalue weighted by Gasteiger charge is -2.14. The number of pyridine rings is 1. The minimum absolute atomic E-state index is 0.122. The van der Waals surface area contributed by atoms with E-state index in [1.807, 2.05) is 36.4 Å². The van der Waals surface area contributed by atoms with Gasteiger partial charge in [0, 0.05) is 11.3 Å². The first-order valence-electron chi connectivity index (χ1n) is 8.16. The van der Waals surface area contributed by atoms with E-state index in [1.165, 1.54) is 9.96 Å². The van der Waals surface area contributed by atoms with Crippen LogP contribution in [0.1, 0.15) is 24.1 Å². The summed E-state index contributed by atoms with van der Waals surface area (Å²) in [5.41, 5.74) is 3.51. The number of aryl methyl sites for hydroxylation is 2. The summed E-state index contributed by atoms with van der Waals surface area (Å²) in [6.07, 6.45) is 4.25. The van der Waals surface area contributed by atoms with Crippen LogP contribution in [0.2, 0.25) is 0 Å². The highest BCUT2D eigenvalue weighted by Crippen LogP contribution is 2.23. The highest BCUT2D eigenvalue weighted by atomic mass is 16.1. The van der Waals surface area contributed by atoms with Crippen molar-refractivity contribution < 1.29 is 0 Å². The fourth-order valence-corrected chi connectivity index (χ4v) is 3.44. The minimum atomic E-state index is -0.122. The van der Waals surface area contributed by atoms with Crippen LogP contribution in [0.3, 0.4) is 0 Å². The monoisotopic (exact) mass is 317 g/mol. The number of aromatic amines is 1. The molecule has 0 radical (unpaired) electrons. The maximum Gasteiger partial charge on any atom is 0.270 e. The molecule has 0 saturated carbocycles. The number of nitrogens with one attached hydrogen (secondary N) is 1. The Morgan fingerprint density at radius 3 is 2.75 bits per heavy atom. The Morgan fingerprint density at radius 1 is 1.04 bits per heavy atom. The van der Waals surface area contributed by atoms with Gasteiger partial charge in [0.1, 0.15) is 0 Å². The summed E-state index contributed by atoms with van der Waals surface area (Å²) in [5.74, 6) is 0.998. The van der Waals surface area contributed by atoms with Crippen molar-refractivity contribution in [1.82, 2.24) is 24.6 Å². The predicted octanol–water partition coefficient (Wildman–Crippen LogP) is 2.51. The van der Waals surface area contributed by atoms with Crippen molar-refractivity contribution in [3.8, 4) is 11.4 Å². The van der Waals surface area contributed by atoms with Gasteiger partial charge >= 0.3 is 0 Å². The van der Waals surface area contributed by atoms with Gasteiger partial charge in [-0.05, 0) is 37.3 Å². The maximum absolute atomic E-state index is 13.1. The molecule has 24 heavy (non-hydrogen) atoms. The number of aromatic nitrogens is 5. The number of fused-ring (bicyclic) bond motifs is 3. The van der Waals surface area contributed by atoms with Gasteiger partial charge in [-0.15, -0.1) is 0 Å². The van der Waals surface area contributed by atoms with E-state index < -0.39 is 0 Å². The van der Waals surface area contributed by atoms with E-state index in [2.05, 4.69) is 20.2 Å². The SMILES string of the molecule is O=c1c2cc3c(nc2nc2[nH]nc(-c4ccccc4)n12)CCCC3. The summed E-state index contributed by atoms with van der Waals surface area (Å²) >= 11 is 0. The van der Waals surface area contributed by atoms with Crippen LogP contribution in [-0.2, 0) is 12.8 Å². The Balaban J connectivity index is 1.85. The van der Waals surface area contributed by atoms with Crippen molar-refractivity contribution in [2.45, 2.75) is 25.7 Å². The predicted molar refractivity (Wildman–Crippen MR) is 91.0 cm³/mol. The van der Waals surface area contributed by atoms with Crippen molar-refractivity contribution in [2.24, 2.45) is 0 Å². The third kappa shape index (κ3) is 1.89. The summed E-state index contributed by atoms with van der Waals surface area (Å²) in [7, 11) is 0. The van der Waals surface area contributed by atoms with Gasteiger partial charge in [-0.3, -0.25) is 4.79 Å². The Bertz CT molecular complexity index is 1130. The fourth-order valence-electron chi connectivity index (χ4n) is 3.44. The van der Waals surface area contributed by atoms with Crippen LogP contribution in [0.4, 0.5) is 0 Å². The second-order valence-corrected chi connectivity index (χ2v) is 6.16. The molecule has 3 aromatic heterocycles. The first-order valence-corrected chi connectivity index (χ1v) is 8.16. The van der Waals surface area contributed by atoms with E-state index in [-0.39, 0.29) is 5.56 Å². The summed E-state index contributed by atoms with van der Waals surface area (Å²) in [6, 6.07) is 11.6. The van der Waals surface area contributed by atoms with Gasteiger partial charge in [-0.2, -0.15) is 10.1 Å². The summed E-state index contributed by atoms with van der Waals surface area (Å²) < 4.78 is 1.54. The average molecular weight is 317 g/mol. The van der Waals surface area contributed by atoms with Crippen LogP contribution >= 0.6 is 0 Å². The molecule has 1 N–H and O–H groups in total. The molecule has 6 heteroatoms. The number of benzene rings is 1. The highest BCUT2D eigenvalue weighted by Gasteiger charge is 2.18. The molecule has 118 valence electrons. The maximum atomic E-state index is 13.1. The lowest BCUT2D eigenvalue weighted by Crippen LogP contribution is -2.17. The molecule has 0 fully saturated rings. The molecular formula is C18H15N5O. The van der Waals surface area contributed by atoms with Gasteiger partial charge in [-0.25, -0.2) is 14.5 Å². The lowest BCUT2D eigenvalue weighted by atomic mass is 9.95. The Hall–Kier alpha value is -3.02. The van der Waals surface area contributed by atoms with Crippen molar-refractivity contribution >= 4 is 16.8 Å². The summed E-state index contributed by atoms with van der Waals surface area (Å²) in [6.45, 7) is 0. The fraction of sp³-hybridized carbons (Fsp3) is 0.222. The second kappa shape index (κ2) is 4.99. The Morgan fingerprint density at radius 2 is 1.88 bits per heavy atom. The molecule has 1 aliphatic carbocycles. The van der Waals surface area contributed by atoms with Gasteiger partial charge in [0.15, 0.2) is 11.5 Å². The van der Waals surface area contributed by atoms with E-state index in [1.54, 1.807) is 0 Å². The van der Waals surface area contributed by atoms with Gasteiger partial charge in [0.25, 0.3) is 5.56 Å². The summed E-state index contributed by atoms with van der Waals surface area (Å²) in [5, 5.41) is 7.72. The minimum Gasteiger partial charge on any atom is -0.268 e. The molecule has 0 amide bonds. The molecule has 0 aliphatic heterocycles. The van der Waals surface area contributed by atoms with E-state index >= 15 is 0 Å². The molecule has 0 atom stereocenters. The molecule has 0 unspecified atom stereocenters. The quantitative estimate of drug-likeness (QED) is 0.585. The van der Waals surface area contributed by atoms with Crippen LogP contribution in [0.5, 0.6) is 0 Å². The number of hydrogen-bond acceptors (Lipinski definition) is 4. The van der Waals surface area contributed by atoms with Crippen molar-refractivity contribution in [2.75, 3.05) is 0 Å². The van der Waals surface area contributed by atoms with Crippen LogP contribution in [-0.4, -0.2) is 24.6 Å². The molecule has 0 bridgehead atoms. The van der Waals surface area contributed by atoms with Crippen molar-refractivity contribution in [1.29, 1.82) is 0 Å². The van der Waals surface area contributed by atoms with E-state index in [0.29, 0.717) is 22.6 Å². The normalized spacial score (nSPS) is 14.2. The van der Waals surface area contributed by atoms with E-state index in [9.17, 15) is 4.79 Å². The van der Waals surface area contributed by atoms with Gasteiger partial charge in [-0.1, -0.05) is 30.3 Å². The third-order valence-electron chi connectivity index (χ3n) is 4.64. The number of rotatable bonds is 1. The molecule has 6 nitrogen and oxygen atoms in total. The zero-order valence-corrected chi connectivity index (χ0v) is 13.0. The molecule has 0 saturated heterocycles. The van der Waals surface area contributed by atoms with Crippen LogP contribution < -0.4 is 5.56 Å². The lowest BCUT2D eigenvalue weighted by molar-refractivity contribution is 0.670. The van der Waals surface area contributed by atoms with Crippen molar-refractivity contribution in [3.05, 3.63) is 58.0 Å². The van der Waals surface area contributed by atoms with Crippen molar-refractivity contribution in [3.63, 3.8) is 0 Å². The standard InChI is InChI=1S/C18H15N5O/c24-17-13-10-12-8-4-5-9-14(12)19-15(13)20-18-22-21-16(23(17)18)11-6-2-1-3-7-11/h1-3,6-7,10H,4-5,8-9H2,(H,19,20,22). The second-order valence-electron chi connectivity index (χ2n) is 6.16.